The Hall–Kier alpha value is -1.80. The molecular weight excluding hydrogens is 260 g/mol. The third-order valence-corrected chi connectivity index (χ3v) is 2.04. The molecule has 1 aromatic heterocycles. The Kier molecular flexibility index (Phi) is 4.51. The third kappa shape index (κ3) is 3.90. The largest absolute Gasteiger partial charge is 0.349 e. The van der Waals surface area contributed by atoms with Crippen LogP contribution in [0.1, 0.15) is 6.92 Å². The number of nitrogens with two attached hydrogens (primary N) is 1. The highest BCUT2D eigenvalue weighted by atomic mass is 35.5. The molecule has 0 saturated heterocycles. The molecule has 1 unspecified atom stereocenters. The smallest absolute Gasteiger partial charge is 0.311 e. The van der Waals surface area contributed by atoms with Crippen molar-refractivity contribution < 1.29 is 4.79 Å². The summed E-state index contributed by atoms with van der Waals surface area (Å²) in [5, 5.41) is 3.21. The maximum atomic E-state index is 11.9. The van der Waals surface area contributed by atoms with E-state index in [0.29, 0.717) is 5.01 Å². The second kappa shape index (κ2) is 5.69. The number of amides is 2. The summed E-state index contributed by atoms with van der Waals surface area (Å²) in [6.07, 6.45) is 2.94. The number of alkyl halides is 1. The highest BCUT2D eigenvalue weighted by Gasteiger charge is 2.27. The summed E-state index contributed by atoms with van der Waals surface area (Å²) >= 11 is 5.74. The van der Waals surface area contributed by atoms with Crippen LogP contribution in [0.4, 0.5) is 10.7 Å². The van der Waals surface area contributed by atoms with Crippen molar-refractivity contribution in [1.29, 1.82) is 0 Å². The maximum absolute atomic E-state index is 11.9. The number of rotatable bonds is 4. The second-order valence-electron chi connectivity index (χ2n) is 3.81. The molecule has 2 N–H and O–H groups in total. The molecule has 98 valence electrons. The summed E-state index contributed by atoms with van der Waals surface area (Å²) < 4.78 is 0. The lowest BCUT2D eigenvalue weighted by Gasteiger charge is -2.24. The van der Waals surface area contributed by atoms with E-state index < -0.39 is 11.0 Å². The minimum atomic E-state index is -1.25. The van der Waals surface area contributed by atoms with Crippen molar-refractivity contribution in [2.45, 2.75) is 11.9 Å². The van der Waals surface area contributed by atoms with Crippen LogP contribution in [0.15, 0.2) is 23.7 Å². The number of aromatic nitrogens is 2. The number of nitrogens with zero attached hydrogens (tertiary/aromatic N) is 5. The van der Waals surface area contributed by atoms with Crippen LogP contribution in [0.5, 0.6) is 0 Å². The van der Waals surface area contributed by atoms with Crippen molar-refractivity contribution in [3.63, 3.8) is 0 Å². The Balaban J connectivity index is 2.82. The van der Waals surface area contributed by atoms with Crippen molar-refractivity contribution in [2.75, 3.05) is 18.5 Å². The van der Waals surface area contributed by atoms with Crippen LogP contribution in [0, 0.1) is 4.91 Å². The lowest BCUT2D eigenvalue weighted by molar-refractivity contribution is 0.201. The zero-order valence-corrected chi connectivity index (χ0v) is 10.7. The van der Waals surface area contributed by atoms with E-state index in [1.165, 1.54) is 26.4 Å². The standard InChI is InChI=1S/C9H13ClN6O2/c1-9(10,11)6-16(14-18)8(17)15(2)7-12-4-3-5-13-7/h3-5H,6,11H2,1-2H3. The number of carbonyl (C=O) groups is 1. The van der Waals surface area contributed by atoms with Gasteiger partial charge in [0.25, 0.3) is 0 Å². The summed E-state index contributed by atoms with van der Waals surface area (Å²) in [7, 11) is 1.41. The van der Waals surface area contributed by atoms with Crippen molar-refractivity contribution >= 4 is 23.6 Å². The molecule has 1 aromatic rings. The minimum Gasteiger partial charge on any atom is -0.311 e. The fourth-order valence-corrected chi connectivity index (χ4v) is 1.26. The minimum absolute atomic E-state index is 0.143. The first kappa shape index (κ1) is 14.3. The molecule has 9 heteroatoms. The van der Waals surface area contributed by atoms with E-state index >= 15 is 0 Å². The molecule has 8 nitrogen and oxygen atoms in total. The number of hydrogen-bond donors (Lipinski definition) is 1. The Bertz CT molecular complexity index is 421. The van der Waals surface area contributed by atoms with Gasteiger partial charge in [0.05, 0.1) is 11.8 Å². The van der Waals surface area contributed by atoms with Crippen molar-refractivity contribution in [3.8, 4) is 0 Å². The zero-order chi connectivity index (χ0) is 13.8. The fourth-order valence-electron chi connectivity index (χ4n) is 1.15. The van der Waals surface area contributed by atoms with Crippen LogP contribution in [-0.2, 0) is 0 Å². The van der Waals surface area contributed by atoms with E-state index in [2.05, 4.69) is 15.3 Å². The first-order valence-corrected chi connectivity index (χ1v) is 5.36. The van der Waals surface area contributed by atoms with E-state index in [9.17, 15) is 9.70 Å². The lowest BCUT2D eigenvalue weighted by Crippen LogP contribution is -2.47. The predicted octanol–water partition coefficient (Wildman–Crippen LogP) is 0.930. The summed E-state index contributed by atoms with van der Waals surface area (Å²) in [6, 6.07) is 0.890. The number of urea groups is 1. The SMILES string of the molecule is CN(C(=O)N(CC(C)(N)Cl)N=O)c1ncccn1. The van der Waals surface area contributed by atoms with Gasteiger partial charge in [-0.05, 0) is 13.0 Å². The van der Waals surface area contributed by atoms with E-state index in [1.807, 2.05) is 0 Å². The van der Waals surface area contributed by atoms with Gasteiger partial charge in [-0.3, -0.25) is 4.90 Å². The molecule has 0 radical (unpaired) electrons. The molecule has 1 atom stereocenters. The third-order valence-electron chi connectivity index (χ3n) is 1.92. The molecule has 1 rings (SSSR count). The number of halogens is 1. The van der Waals surface area contributed by atoms with Gasteiger partial charge in [-0.1, -0.05) is 0 Å². The van der Waals surface area contributed by atoms with Crippen molar-refractivity contribution in [1.82, 2.24) is 15.0 Å². The molecule has 1 heterocycles. The van der Waals surface area contributed by atoms with Crippen LogP contribution in [0.3, 0.4) is 0 Å². The molecule has 18 heavy (non-hydrogen) atoms. The fraction of sp³-hybridized carbons (Fsp3) is 0.444. The molecule has 0 bridgehead atoms. The predicted molar refractivity (Wildman–Crippen MR) is 66.8 cm³/mol. The number of anilines is 1. The summed E-state index contributed by atoms with van der Waals surface area (Å²) in [5.74, 6) is 0.143. The maximum Gasteiger partial charge on any atom is 0.349 e. The molecule has 2 amide bonds. The van der Waals surface area contributed by atoms with Crippen LogP contribution in [-0.4, -0.2) is 39.6 Å². The van der Waals surface area contributed by atoms with Crippen molar-refractivity contribution in [2.24, 2.45) is 11.0 Å². The molecule has 0 aliphatic rings. The monoisotopic (exact) mass is 272 g/mol. The van der Waals surface area contributed by atoms with Gasteiger partial charge in [-0.15, -0.1) is 16.5 Å². The first-order valence-electron chi connectivity index (χ1n) is 4.98. The van der Waals surface area contributed by atoms with Gasteiger partial charge in [0.2, 0.25) is 5.95 Å². The topological polar surface area (TPSA) is 105 Å². The Labute approximate surface area is 109 Å². The molecule has 0 fully saturated rings. The summed E-state index contributed by atoms with van der Waals surface area (Å²) in [6.45, 7) is 1.23. The van der Waals surface area contributed by atoms with Gasteiger partial charge in [-0.2, -0.15) is 5.01 Å². The lowest BCUT2D eigenvalue weighted by atomic mass is 10.3. The van der Waals surface area contributed by atoms with Gasteiger partial charge >= 0.3 is 6.03 Å². The van der Waals surface area contributed by atoms with Gasteiger partial charge in [0, 0.05) is 19.4 Å². The summed E-state index contributed by atoms with van der Waals surface area (Å²) in [5.41, 5.74) is 5.51. The van der Waals surface area contributed by atoms with Gasteiger partial charge in [0.15, 0.2) is 0 Å². The average molecular weight is 273 g/mol. The van der Waals surface area contributed by atoms with Gasteiger partial charge in [0.1, 0.15) is 5.00 Å². The van der Waals surface area contributed by atoms with E-state index in [1.54, 1.807) is 6.07 Å². The highest BCUT2D eigenvalue weighted by Crippen LogP contribution is 2.12. The van der Waals surface area contributed by atoms with Crippen molar-refractivity contribution in [3.05, 3.63) is 23.4 Å². The Morgan fingerprint density at radius 1 is 1.56 bits per heavy atom. The van der Waals surface area contributed by atoms with E-state index in [0.717, 1.165) is 4.90 Å². The number of hydrogen-bond acceptors (Lipinski definition) is 6. The second-order valence-corrected chi connectivity index (χ2v) is 4.67. The Morgan fingerprint density at radius 2 is 2.11 bits per heavy atom. The molecular formula is C9H13ClN6O2. The molecule has 0 saturated carbocycles. The van der Waals surface area contributed by atoms with Crippen LogP contribution in [0.2, 0.25) is 0 Å². The number of nitroso groups, excluding NO2 is 1. The highest BCUT2D eigenvalue weighted by molar-refractivity contribution is 6.23. The van der Waals surface area contributed by atoms with Crippen LogP contribution >= 0.6 is 11.6 Å². The summed E-state index contributed by atoms with van der Waals surface area (Å²) in [4.78, 5) is 30.1. The molecule has 0 aliphatic carbocycles. The van der Waals surface area contributed by atoms with Crippen LogP contribution < -0.4 is 10.6 Å². The van der Waals surface area contributed by atoms with Gasteiger partial charge in [-0.25, -0.2) is 14.8 Å². The average Bonchev–Trinajstić information content (AvgIpc) is 2.34. The van der Waals surface area contributed by atoms with Gasteiger partial charge < -0.3 is 5.73 Å². The molecule has 0 spiro atoms. The van der Waals surface area contributed by atoms with E-state index in [-0.39, 0.29) is 12.5 Å². The first-order chi connectivity index (χ1) is 8.35. The quantitative estimate of drug-likeness (QED) is 0.380. The number of carbonyl (C=O) groups excluding carboxylic acids is 1. The van der Waals surface area contributed by atoms with E-state index in [4.69, 9.17) is 17.3 Å². The Morgan fingerprint density at radius 3 is 2.56 bits per heavy atom. The zero-order valence-electron chi connectivity index (χ0n) is 9.95. The normalized spacial score (nSPS) is 13.6. The van der Waals surface area contributed by atoms with Crippen LogP contribution in [0.25, 0.3) is 0 Å². The molecule has 0 aliphatic heterocycles. The molecule has 0 aromatic carbocycles.